The molecule has 2 heterocycles. The summed E-state index contributed by atoms with van der Waals surface area (Å²) in [7, 11) is 0. The van der Waals surface area contributed by atoms with Crippen molar-refractivity contribution in [1.82, 2.24) is 5.32 Å². The maximum absolute atomic E-state index is 12.9. The Kier molecular flexibility index (Phi) is 11.6. The number of thioether (sulfide) groups is 1. The molecule has 3 N–H and O–H groups in total. The Bertz CT molecular complexity index is 2100. The molecule has 7 rings (SSSR count). The van der Waals surface area contributed by atoms with E-state index in [0.717, 1.165) is 43.9 Å². The molecule has 0 aliphatic carbocycles. The van der Waals surface area contributed by atoms with Gasteiger partial charge in [-0.2, -0.15) is 4.73 Å². The fourth-order valence-corrected chi connectivity index (χ4v) is 7.02. The summed E-state index contributed by atoms with van der Waals surface area (Å²) in [6, 6.07) is 45.6. The maximum Gasteiger partial charge on any atom is 0.319 e. The average molecular weight is 726 g/mol. The number of urea groups is 1. The second-order valence-corrected chi connectivity index (χ2v) is 13.6. The van der Waals surface area contributed by atoms with Gasteiger partial charge in [-0.25, -0.2) is 4.79 Å². The molecule has 1 aromatic heterocycles. The summed E-state index contributed by atoms with van der Waals surface area (Å²) in [5, 5.41) is 28.3. The van der Waals surface area contributed by atoms with Crippen LogP contribution < -0.4 is 20.1 Å². The van der Waals surface area contributed by atoms with E-state index in [1.165, 1.54) is 18.0 Å². The highest BCUT2D eigenvalue weighted by atomic mass is 32.2. The summed E-state index contributed by atoms with van der Waals surface area (Å²) in [4.78, 5) is 12.9. The Morgan fingerprint density at radius 2 is 1.49 bits per heavy atom. The zero-order valence-corrected chi connectivity index (χ0v) is 29.7. The van der Waals surface area contributed by atoms with Gasteiger partial charge in [-0.3, -0.25) is 0 Å². The van der Waals surface area contributed by atoms with Gasteiger partial charge in [0.15, 0.2) is 12.5 Å². The van der Waals surface area contributed by atoms with Gasteiger partial charge < -0.3 is 35.2 Å². The van der Waals surface area contributed by atoms with E-state index in [-0.39, 0.29) is 24.8 Å². The van der Waals surface area contributed by atoms with E-state index in [2.05, 4.69) is 10.6 Å². The number of nitrogens with one attached hydrogen (secondary N) is 2. The van der Waals surface area contributed by atoms with Crippen molar-refractivity contribution in [2.24, 2.45) is 0 Å². The number of rotatable bonds is 12. The third-order valence-corrected chi connectivity index (χ3v) is 10.0. The molecule has 1 fully saturated rings. The number of nitrogens with zero attached hydrogens (tertiary/aromatic N) is 1. The Morgan fingerprint density at radius 3 is 2.25 bits per heavy atom. The first-order valence-corrected chi connectivity index (χ1v) is 18.4. The summed E-state index contributed by atoms with van der Waals surface area (Å²) in [5.74, 6) is 2.00. The predicted molar refractivity (Wildman–Crippen MR) is 205 cm³/mol. The first kappa shape index (κ1) is 35.7. The van der Waals surface area contributed by atoms with Crippen molar-refractivity contribution in [2.75, 3.05) is 11.1 Å². The molecule has 5 aromatic carbocycles. The topological polar surface area (TPSA) is 116 Å². The zero-order valence-electron chi connectivity index (χ0n) is 28.8. The number of carbonyl (C=O) groups is 1. The normalized spacial score (nSPS) is 16.8. The molecule has 1 saturated heterocycles. The third kappa shape index (κ3) is 9.43. The van der Waals surface area contributed by atoms with Crippen LogP contribution in [0.5, 0.6) is 11.5 Å². The summed E-state index contributed by atoms with van der Waals surface area (Å²) in [6.45, 7) is 0.303. The van der Waals surface area contributed by atoms with Crippen LogP contribution >= 0.6 is 11.8 Å². The molecule has 0 spiro atoms. The number of para-hydroxylation sites is 1. The molecule has 3 atom stereocenters. The first-order chi connectivity index (χ1) is 26.0. The van der Waals surface area contributed by atoms with Crippen LogP contribution in [0.25, 0.3) is 11.1 Å². The van der Waals surface area contributed by atoms with Gasteiger partial charge in [-0.05, 0) is 70.3 Å². The highest BCUT2D eigenvalue weighted by Gasteiger charge is 2.32. The van der Waals surface area contributed by atoms with E-state index in [1.807, 2.05) is 121 Å². The lowest BCUT2D eigenvalue weighted by Crippen LogP contribution is -2.32. The quantitative estimate of drug-likeness (QED) is 0.0656. The van der Waals surface area contributed by atoms with Crippen molar-refractivity contribution >= 4 is 23.5 Å². The molecule has 10 heteroatoms. The molecule has 1 aliphatic rings. The second-order valence-electron chi connectivity index (χ2n) is 12.6. The Balaban J connectivity index is 1.00. The van der Waals surface area contributed by atoms with E-state index < -0.39 is 6.29 Å². The zero-order chi connectivity index (χ0) is 36.4. The summed E-state index contributed by atoms with van der Waals surface area (Å²) >= 11 is 1.46. The molecule has 53 heavy (non-hydrogen) atoms. The minimum Gasteiger partial charge on any atom is -0.618 e. The number of aliphatic hydroxyl groups excluding tert-OH is 1. The van der Waals surface area contributed by atoms with Gasteiger partial charge in [-0.1, -0.05) is 103 Å². The molecule has 0 unspecified atom stereocenters. The van der Waals surface area contributed by atoms with Crippen molar-refractivity contribution < 1.29 is 28.8 Å². The molecule has 268 valence electrons. The molecular weight excluding hydrogens is 687 g/mol. The van der Waals surface area contributed by atoms with Crippen LogP contribution in [-0.2, 0) is 22.6 Å². The SMILES string of the molecule is O=C(NCc1ccccc1-c1ccc([C@@H]2O[C@H](CSc3cccc[n+]3[O-])C[C@H](c3ccc(CO)cc3)O2)cc1)Nc1ccc(Oc2ccccc2)cc1. The standard InChI is InChI=1S/C43H39N3O6S/c47-28-30-13-15-32(16-14-30)40-26-38(29-53-41-12-6-7-25-46(41)49)51-42(52-40)33-19-17-31(18-20-33)39-11-5-4-8-34(39)27-44-43(48)45-35-21-23-37(24-22-35)50-36-9-2-1-3-10-36/h1-25,38,40,42,47H,26-29H2,(H2,44,45,48)/t38-,40+,42+/m0/s1. The predicted octanol–water partition coefficient (Wildman–Crippen LogP) is 8.93. The van der Waals surface area contributed by atoms with Crippen molar-refractivity contribution in [3.63, 3.8) is 0 Å². The van der Waals surface area contributed by atoms with Crippen LogP contribution in [-0.4, -0.2) is 23.0 Å². The number of hydrogen-bond donors (Lipinski definition) is 3. The molecule has 9 nitrogen and oxygen atoms in total. The third-order valence-electron chi connectivity index (χ3n) is 8.86. The number of hydrogen-bond acceptors (Lipinski definition) is 7. The molecule has 6 aromatic rings. The lowest BCUT2D eigenvalue weighted by molar-refractivity contribution is -0.645. The lowest BCUT2D eigenvalue weighted by Gasteiger charge is -2.36. The van der Waals surface area contributed by atoms with E-state index in [4.69, 9.17) is 14.2 Å². The van der Waals surface area contributed by atoms with Crippen LogP contribution in [0, 0.1) is 5.21 Å². The van der Waals surface area contributed by atoms with E-state index >= 15 is 0 Å². The summed E-state index contributed by atoms with van der Waals surface area (Å²) in [6.07, 6.45) is 1.07. The van der Waals surface area contributed by atoms with Crippen LogP contribution in [0.2, 0.25) is 0 Å². The van der Waals surface area contributed by atoms with Crippen LogP contribution in [0.3, 0.4) is 0 Å². The fourth-order valence-electron chi connectivity index (χ4n) is 6.08. The summed E-state index contributed by atoms with van der Waals surface area (Å²) in [5.41, 5.74) is 6.31. The number of amides is 2. The van der Waals surface area contributed by atoms with Crippen LogP contribution in [0.4, 0.5) is 10.5 Å². The van der Waals surface area contributed by atoms with Crippen molar-refractivity contribution in [3.05, 3.63) is 179 Å². The minimum atomic E-state index is -0.624. The van der Waals surface area contributed by atoms with Crippen molar-refractivity contribution in [2.45, 2.75) is 43.1 Å². The van der Waals surface area contributed by atoms with Gasteiger partial charge in [-0.15, -0.1) is 0 Å². The first-order valence-electron chi connectivity index (χ1n) is 17.4. The molecule has 2 amide bonds. The lowest BCUT2D eigenvalue weighted by atomic mass is 9.98. The number of aliphatic hydroxyl groups is 1. The Labute approximate surface area is 312 Å². The van der Waals surface area contributed by atoms with E-state index in [1.54, 1.807) is 24.3 Å². The maximum atomic E-state index is 12.9. The molecular formula is C43H39N3O6S. The molecule has 0 radical (unpaired) electrons. The number of aromatic nitrogens is 1. The van der Waals surface area contributed by atoms with Crippen LogP contribution in [0.1, 0.15) is 41.1 Å². The molecule has 1 aliphatic heterocycles. The highest BCUT2D eigenvalue weighted by Crippen LogP contribution is 2.40. The smallest absolute Gasteiger partial charge is 0.319 e. The van der Waals surface area contributed by atoms with E-state index in [9.17, 15) is 15.1 Å². The number of anilines is 1. The van der Waals surface area contributed by atoms with Crippen LogP contribution in [0.15, 0.2) is 157 Å². The van der Waals surface area contributed by atoms with Gasteiger partial charge >= 0.3 is 6.03 Å². The van der Waals surface area contributed by atoms with Crippen molar-refractivity contribution in [1.29, 1.82) is 0 Å². The van der Waals surface area contributed by atoms with Crippen molar-refractivity contribution in [3.8, 4) is 22.6 Å². The average Bonchev–Trinajstić information content (AvgIpc) is 3.21. The monoisotopic (exact) mass is 725 g/mol. The number of carbonyl (C=O) groups excluding carboxylic acids is 1. The minimum absolute atomic E-state index is 0.0255. The van der Waals surface area contributed by atoms with Gasteiger partial charge in [0.25, 0.3) is 5.03 Å². The largest absolute Gasteiger partial charge is 0.618 e. The van der Waals surface area contributed by atoms with Gasteiger partial charge in [0.1, 0.15) is 11.5 Å². The van der Waals surface area contributed by atoms with E-state index in [0.29, 0.717) is 35.2 Å². The van der Waals surface area contributed by atoms with Gasteiger partial charge in [0, 0.05) is 42.1 Å². The fraction of sp³-hybridized carbons (Fsp3) is 0.163. The summed E-state index contributed by atoms with van der Waals surface area (Å²) < 4.78 is 19.7. The number of ether oxygens (including phenoxy) is 3. The highest BCUT2D eigenvalue weighted by molar-refractivity contribution is 7.99. The Hall–Kier alpha value is -5.65. The van der Waals surface area contributed by atoms with Gasteiger partial charge in [0.2, 0.25) is 0 Å². The molecule has 0 bridgehead atoms. The number of pyridine rings is 1. The van der Waals surface area contributed by atoms with Gasteiger partial charge in [0.05, 0.1) is 18.8 Å². The Morgan fingerprint density at radius 1 is 0.792 bits per heavy atom. The molecule has 0 saturated carbocycles. The second kappa shape index (κ2) is 17.2. The number of benzene rings is 5.